The standard InChI is InChI=1S/C17H21NO2/c1-13-3-5-14(6-4-13)11-18-12-17(19)15-7-9-16(20-2)10-8-15/h3-10,17-19H,11-12H2,1-2H3/t17-/m1/s1. The van der Waals surface area contributed by atoms with Crippen molar-refractivity contribution >= 4 is 0 Å². The van der Waals surface area contributed by atoms with Crippen LogP contribution in [0, 0.1) is 6.92 Å². The summed E-state index contributed by atoms with van der Waals surface area (Å²) < 4.78 is 5.10. The van der Waals surface area contributed by atoms with E-state index in [9.17, 15) is 5.11 Å². The van der Waals surface area contributed by atoms with E-state index < -0.39 is 6.10 Å². The van der Waals surface area contributed by atoms with Crippen molar-refractivity contribution in [3.8, 4) is 5.75 Å². The fourth-order valence-corrected chi connectivity index (χ4v) is 2.00. The molecule has 0 aliphatic heterocycles. The van der Waals surface area contributed by atoms with E-state index in [-0.39, 0.29) is 0 Å². The number of hydrogen-bond donors (Lipinski definition) is 2. The van der Waals surface area contributed by atoms with Crippen molar-refractivity contribution in [2.24, 2.45) is 0 Å². The molecule has 2 rings (SSSR count). The summed E-state index contributed by atoms with van der Waals surface area (Å²) in [6.45, 7) is 3.36. The quantitative estimate of drug-likeness (QED) is 0.849. The van der Waals surface area contributed by atoms with Gasteiger partial charge < -0.3 is 15.2 Å². The van der Waals surface area contributed by atoms with Gasteiger partial charge in [0, 0.05) is 13.1 Å². The minimum Gasteiger partial charge on any atom is -0.497 e. The first-order valence-corrected chi connectivity index (χ1v) is 6.77. The first-order valence-electron chi connectivity index (χ1n) is 6.77. The summed E-state index contributed by atoms with van der Waals surface area (Å²) in [6.07, 6.45) is -0.508. The molecule has 0 aliphatic rings. The average Bonchev–Trinajstić information content (AvgIpc) is 2.49. The summed E-state index contributed by atoms with van der Waals surface area (Å²) >= 11 is 0. The van der Waals surface area contributed by atoms with Crippen molar-refractivity contribution < 1.29 is 9.84 Å². The van der Waals surface area contributed by atoms with Gasteiger partial charge in [-0.15, -0.1) is 0 Å². The van der Waals surface area contributed by atoms with Crippen molar-refractivity contribution in [2.45, 2.75) is 19.6 Å². The van der Waals surface area contributed by atoms with Crippen LogP contribution < -0.4 is 10.1 Å². The maximum atomic E-state index is 10.1. The molecular formula is C17H21NO2. The van der Waals surface area contributed by atoms with Crippen LogP contribution in [-0.2, 0) is 6.54 Å². The van der Waals surface area contributed by atoms with Crippen LogP contribution in [0.3, 0.4) is 0 Å². The lowest BCUT2D eigenvalue weighted by Crippen LogP contribution is -2.21. The molecule has 0 aromatic heterocycles. The molecule has 0 amide bonds. The number of aryl methyl sites for hydroxylation is 1. The lowest BCUT2D eigenvalue weighted by atomic mass is 10.1. The molecule has 0 unspecified atom stereocenters. The minimum absolute atomic E-state index is 0.508. The zero-order valence-corrected chi connectivity index (χ0v) is 12.0. The monoisotopic (exact) mass is 271 g/mol. The highest BCUT2D eigenvalue weighted by molar-refractivity contribution is 5.28. The molecule has 0 saturated heterocycles. The third-order valence-corrected chi connectivity index (χ3v) is 3.29. The number of hydrogen-bond acceptors (Lipinski definition) is 3. The smallest absolute Gasteiger partial charge is 0.118 e. The molecule has 2 N–H and O–H groups in total. The number of ether oxygens (including phenoxy) is 1. The van der Waals surface area contributed by atoms with Crippen LogP contribution in [0.15, 0.2) is 48.5 Å². The maximum Gasteiger partial charge on any atom is 0.118 e. The third kappa shape index (κ3) is 4.08. The zero-order chi connectivity index (χ0) is 14.4. The number of nitrogens with one attached hydrogen (secondary N) is 1. The van der Waals surface area contributed by atoms with Crippen LogP contribution >= 0.6 is 0 Å². The van der Waals surface area contributed by atoms with Gasteiger partial charge in [0.1, 0.15) is 5.75 Å². The molecular weight excluding hydrogens is 250 g/mol. The molecule has 2 aromatic carbocycles. The van der Waals surface area contributed by atoms with Crippen LogP contribution in [0.1, 0.15) is 22.8 Å². The molecule has 2 aromatic rings. The van der Waals surface area contributed by atoms with Crippen molar-refractivity contribution in [1.29, 1.82) is 0 Å². The zero-order valence-electron chi connectivity index (χ0n) is 12.0. The molecule has 106 valence electrons. The van der Waals surface area contributed by atoms with E-state index in [1.54, 1.807) is 7.11 Å². The Bertz CT molecular complexity index is 520. The van der Waals surface area contributed by atoms with E-state index in [0.717, 1.165) is 17.9 Å². The second kappa shape index (κ2) is 7.08. The van der Waals surface area contributed by atoms with Crippen molar-refractivity contribution in [2.75, 3.05) is 13.7 Å². The Hall–Kier alpha value is -1.84. The van der Waals surface area contributed by atoms with Crippen molar-refractivity contribution in [3.63, 3.8) is 0 Å². The van der Waals surface area contributed by atoms with Gasteiger partial charge in [0.2, 0.25) is 0 Å². The van der Waals surface area contributed by atoms with Crippen molar-refractivity contribution in [1.82, 2.24) is 5.32 Å². The second-order valence-electron chi connectivity index (χ2n) is 4.91. The fraction of sp³-hybridized carbons (Fsp3) is 0.294. The Kier molecular flexibility index (Phi) is 5.16. The highest BCUT2D eigenvalue weighted by atomic mass is 16.5. The highest BCUT2D eigenvalue weighted by Crippen LogP contribution is 2.17. The molecule has 20 heavy (non-hydrogen) atoms. The number of aliphatic hydroxyl groups is 1. The summed E-state index contributed by atoms with van der Waals surface area (Å²) in [5, 5.41) is 13.4. The molecule has 0 heterocycles. The number of aliphatic hydroxyl groups excluding tert-OH is 1. The molecule has 3 heteroatoms. The summed E-state index contributed by atoms with van der Waals surface area (Å²) in [5.41, 5.74) is 3.37. The highest BCUT2D eigenvalue weighted by Gasteiger charge is 2.06. The predicted molar refractivity (Wildman–Crippen MR) is 80.8 cm³/mol. The lowest BCUT2D eigenvalue weighted by molar-refractivity contribution is 0.174. The summed E-state index contributed by atoms with van der Waals surface area (Å²) in [5.74, 6) is 0.800. The maximum absolute atomic E-state index is 10.1. The molecule has 0 saturated carbocycles. The molecule has 1 atom stereocenters. The Balaban J connectivity index is 1.82. The first kappa shape index (κ1) is 14.6. The van der Waals surface area contributed by atoms with E-state index in [4.69, 9.17) is 4.74 Å². The SMILES string of the molecule is COc1ccc([C@H](O)CNCc2ccc(C)cc2)cc1. The van der Waals surface area contributed by atoms with Gasteiger partial charge in [0.05, 0.1) is 13.2 Å². The summed E-state index contributed by atoms with van der Waals surface area (Å²) in [6, 6.07) is 15.9. The van der Waals surface area contributed by atoms with Gasteiger partial charge in [-0.1, -0.05) is 42.0 Å². The normalized spacial score (nSPS) is 12.2. The predicted octanol–water partition coefficient (Wildman–Crippen LogP) is 2.83. The number of benzene rings is 2. The van der Waals surface area contributed by atoms with E-state index >= 15 is 0 Å². The number of rotatable bonds is 6. The van der Waals surface area contributed by atoms with E-state index in [0.29, 0.717) is 6.54 Å². The van der Waals surface area contributed by atoms with E-state index in [2.05, 4.69) is 36.5 Å². The Morgan fingerprint density at radius 2 is 1.70 bits per heavy atom. The van der Waals surface area contributed by atoms with Gasteiger partial charge in [-0.05, 0) is 30.2 Å². The van der Waals surface area contributed by atoms with Crippen LogP contribution in [0.25, 0.3) is 0 Å². The van der Waals surface area contributed by atoms with Gasteiger partial charge in [0.15, 0.2) is 0 Å². The Morgan fingerprint density at radius 1 is 1.05 bits per heavy atom. The molecule has 0 radical (unpaired) electrons. The second-order valence-corrected chi connectivity index (χ2v) is 4.91. The lowest BCUT2D eigenvalue weighted by Gasteiger charge is -2.13. The van der Waals surface area contributed by atoms with E-state index in [1.807, 2.05) is 24.3 Å². The summed E-state index contributed by atoms with van der Waals surface area (Å²) in [7, 11) is 1.63. The molecule has 0 bridgehead atoms. The Morgan fingerprint density at radius 3 is 2.30 bits per heavy atom. The van der Waals surface area contributed by atoms with Gasteiger partial charge in [-0.3, -0.25) is 0 Å². The van der Waals surface area contributed by atoms with E-state index in [1.165, 1.54) is 11.1 Å². The molecule has 0 spiro atoms. The van der Waals surface area contributed by atoms with Gasteiger partial charge in [-0.2, -0.15) is 0 Å². The van der Waals surface area contributed by atoms with Crippen LogP contribution in [-0.4, -0.2) is 18.8 Å². The van der Waals surface area contributed by atoms with Crippen molar-refractivity contribution in [3.05, 3.63) is 65.2 Å². The fourth-order valence-electron chi connectivity index (χ4n) is 2.00. The molecule has 0 aliphatic carbocycles. The van der Waals surface area contributed by atoms with Crippen LogP contribution in [0.2, 0.25) is 0 Å². The molecule has 0 fully saturated rings. The van der Waals surface area contributed by atoms with Crippen LogP contribution in [0.5, 0.6) is 5.75 Å². The van der Waals surface area contributed by atoms with Gasteiger partial charge in [0.25, 0.3) is 0 Å². The Labute approximate surface area is 120 Å². The van der Waals surface area contributed by atoms with Gasteiger partial charge >= 0.3 is 0 Å². The summed E-state index contributed by atoms with van der Waals surface area (Å²) in [4.78, 5) is 0. The van der Waals surface area contributed by atoms with Gasteiger partial charge in [-0.25, -0.2) is 0 Å². The minimum atomic E-state index is -0.508. The average molecular weight is 271 g/mol. The topological polar surface area (TPSA) is 41.5 Å². The third-order valence-electron chi connectivity index (χ3n) is 3.29. The van der Waals surface area contributed by atoms with Crippen LogP contribution in [0.4, 0.5) is 0 Å². The largest absolute Gasteiger partial charge is 0.497 e. The first-order chi connectivity index (χ1) is 9.69. The number of methoxy groups -OCH3 is 1. The molecule has 3 nitrogen and oxygen atoms in total.